The highest BCUT2D eigenvalue weighted by Gasteiger charge is 2.27. The molecular weight excluding hydrogens is 370 g/mol. The van der Waals surface area contributed by atoms with Gasteiger partial charge >= 0.3 is 6.09 Å². The normalized spacial score (nSPS) is 15.2. The van der Waals surface area contributed by atoms with Gasteiger partial charge in [0.1, 0.15) is 0 Å². The lowest BCUT2D eigenvalue weighted by atomic mass is 10.2. The molecule has 2 rings (SSSR count). The number of halogens is 1. The van der Waals surface area contributed by atoms with Gasteiger partial charge in [-0.05, 0) is 32.2 Å². The van der Waals surface area contributed by atoms with Gasteiger partial charge in [-0.15, -0.1) is 0 Å². The number of nitrogens with zero attached hydrogens (tertiary/aromatic N) is 2. The molecular formula is C15H20ClN3O5S. The summed E-state index contributed by atoms with van der Waals surface area (Å²) < 4.78 is 30.9. The van der Waals surface area contributed by atoms with E-state index < -0.39 is 16.1 Å². The van der Waals surface area contributed by atoms with Crippen molar-refractivity contribution in [2.75, 3.05) is 39.8 Å². The quantitative estimate of drug-likeness (QED) is 0.833. The molecule has 0 bridgehead atoms. The Morgan fingerprint density at radius 1 is 1.20 bits per heavy atom. The predicted molar refractivity (Wildman–Crippen MR) is 92.2 cm³/mol. The Labute approximate surface area is 151 Å². The number of amides is 2. The maximum absolute atomic E-state index is 12.7. The molecule has 1 aromatic carbocycles. The Morgan fingerprint density at radius 2 is 1.80 bits per heavy atom. The molecule has 0 atom stereocenters. The van der Waals surface area contributed by atoms with Crippen LogP contribution in [0.15, 0.2) is 23.1 Å². The molecule has 8 nitrogen and oxygen atoms in total. The van der Waals surface area contributed by atoms with E-state index in [1.165, 1.54) is 35.0 Å². The van der Waals surface area contributed by atoms with Crippen LogP contribution in [-0.2, 0) is 14.8 Å². The molecule has 1 fully saturated rings. The number of piperazine rings is 1. The Kier molecular flexibility index (Phi) is 6.26. The van der Waals surface area contributed by atoms with Crippen molar-refractivity contribution in [2.24, 2.45) is 0 Å². The van der Waals surface area contributed by atoms with E-state index in [0.29, 0.717) is 32.8 Å². The van der Waals surface area contributed by atoms with Crippen LogP contribution in [0.3, 0.4) is 0 Å². The Balaban J connectivity index is 2.14. The molecule has 138 valence electrons. The highest BCUT2D eigenvalue weighted by Crippen LogP contribution is 2.22. The van der Waals surface area contributed by atoms with Crippen molar-refractivity contribution in [3.05, 3.63) is 28.8 Å². The molecule has 1 N–H and O–H groups in total. The zero-order valence-corrected chi connectivity index (χ0v) is 15.6. The first-order chi connectivity index (χ1) is 11.8. The molecule has 0 aliphatic carbocycles. The van der Waals surface area contributed by atoms with Crippen molar-refractivity contribution < 1.29 is 22.7 Å². The SMILES string of the molecule is CCOC(=O)N1CCN(C(=O)c2cc(S(=O)(=O)NC)ccc2Cl)CC1. The minimum Gasteiger partial charge on any atom is -0.450 e. The molecule has 0 spiro atoms. The van der Waals surface area contributed by atoms with Crippen molar-refractivity contribution in [1.82, 2.24) is 14.5 Å². The van der Waals surface area contributed by atoms with Gasteiger partial charge in [0, 0.05) is 26.2 Å². The fraction of sp³-hybridized carbons (Fsp3) is 0.467. The molecule has 1 aliphatic heterocycles. The molecule has 0 saturated carbocycles. The van der Waals surface area contributed by atoms with E-state index in [1.54, 1.807) is 6.92 Å². The van der Waals surface area contributed by atoms with Crippen LogP contribution in [0, 0.1) is 0 Å². The van der Waals surface area contributed by atoms with E-state index in [2.05, 4.69) is 4.72 Å². The summed E-state index contributed by atoms with van der Waals surface area (Å²) in [4.78, 5) is 27.4. The number of hydrogen-bond acceptors (Lipinski definition) is 5. The lowest BCUT2D eigenvalue weighted by Gasteiger charge is -2.34. The number of nitrogens with one attached hydrogen (secondary N) is 1. The summed E-state index contributed by atoms with van der Waals surface area (Å²) in [5, 5.41) is 0.174. The van der Waals surface area contributed by atoms with Crippen molar-refractivity contribution in [3.8, 4) is 0 Å². The van der Waals surface area contributed by atoms with Gasteiger partial charge < -0.3 is 14.5 Å². The van der Waals surface area contributed by atoms with E-state index >= 15 is 0 Å². The first-order valence-electron chi connectivity index (χ1n) is 7.74. The third-order valence-corrected chi connectivity index (χ3v) is 5.58. The molecule has 1 aromatic rings. The second-order valence-corrected chi connectivity index (χ2v) is 7.62. The minimum atomic E-state index is -3.68. The molecule has 25 heavy (non-hydrogen) atoms. The second kappa shape index (κ2) is 8.03. The van der Waals surface area contributed by atoms with Gasteiger partial charge in [-0.3, -0.25) is 4.79 Å². The summed E-state index contributed by atoms with van der Waals surface area (Å²) in [6, 6.07) is 3.98. The summed E-state index contributed by atoms with van der Waals surface area (Å²) in [6.07, 6.45) is -0.408. The first kappa shape index (κ1) is 19.5. The van der Waals surface area contributed by atoms with Gasteiger partial charge in [0.15, 0.2) is 0 Å². The molecule has 1 aliphatic rings. The van der Waals surface area contributed by atoms with Crippen LogP contribution in [-0.4, -0.2) is 70.1 Å². The van der Waals surface area contributed by atoms with Gasteiger partial charge in [0.05, 0.1) is 22.1 Å². The van der Waals surface area contributed by atoms with Crippen LogP contribution in [0.1, 0.15) is 17.3 Å². The zero-order chi connectivity index (χ0) is 18.6. The van der Waals surface area contributed by atoms with Gasteiger partial charge in [0.25, 0.3) is 5.91 Å². The van der Waals surface area contributed by atoms with Crippen molar-refractivity contribution in [2.45, 2.75) is 11.8 Å². The summed E-state index contributed by atoms with van der Waals surface area (Å²) in [5.74, 6) is -0.373. The molecule has 0 radical (unpaired) electrons. The van der Waals surface area contributed by atoms with Crippen LogP contribution in [0.4, 0.5) is 4.79 Å². The second-order valence-electron chi connectivity index (χ2n) is 5.33. The maximum atomic E-state index is 12.7. The highest BCUT2D eigenvalue weighted by atomic mass is 35.5. The van der Waals surface area contributed by atoms with Crippen LogP contribution in [0.25, 0.3) is 0 Å². The third kappa shape index (κ3) is 4.42. The van der Waals surface area contributed by atoms with Crippen LogP contribution < -0.4 is 4.72 Å². The van der Waals surface area contributed by atoms with E-state index in [9.17, 15) is 18.0 Å². The van der Waals surface area contributed by atoms with Gasteiger partial charge in [0.2, 0.25) is 10.0 Å². The topological polar surface area (TPSA) is 96.0 Å². The molecule has 1 saturated heterocycles. The fourth-order valence-electron chi connectivity index (χ4n) is 2.43. The zero-order valence-electron chi connectivity index (χ0n) is 14.0. The third-order valence-electron chi connectivity index (χ3n) is 3.84. The number of sulfonamides is 1. The van der Waals surface area contributed by atoms with Crippen molar-refractivity contribution in [1.29, 1.82) is 0 Å². The van der Waals surface area contributed by atoms with Gasteiger partial charge in [-0.2, -0.15) is 0 Å². The number of benzene rings is 1. The Morgan fingerprint density at radius 3 is 2.36 bits per heavy atom. The van der Waals surface area contributed by atoms with Crippen molar-refractivity contribution in [3.63, 3.8) is 0 Å². The van der Waals surface area contributed by atoms with E-state index in [4.69, 9.17) is 16.3 Å². The summed E-state index contributed by atoms with van der Waals surface area (Å²) in [6.45, 7) is 3.34. The fourth-order valence-corrected chi connectivity index (χ4v) is 3.38. The number of carbonyl (C=O) groups is 2. The number of rotatable bonds is 4. The highest BCUT2D eigenvalue weighted by molar-refractivity contribution is 7.89. The van der Waals surface area contributed by atoms with E-state index in [1.807, 2.05) is 0 Å². The number of hydrogen-bond donors (Lipinski definition) is 1. The smallest absolute Gasteiger partial charge is 0.409 e. The average molecular weight is 390 g/mol. The Hall–Kier alpha value is -1.84. The lowest BCUT2D eigenvalue weighted by Crippen LogP contribution is -2.50. The van der Waals surface area contributed by atoms with Crippen LogP contribution >= 0.6 is 11.6 Å². The maximum Gasteiger partial charge on any atom is 0.409 e. The standard InChI is InChI=1S/C15H20ClN3O5S/c1-3-24-15(21)19-8-6-18(7-9-19)14(20)12-10-11(4-5-13(12)16)25(22,23)17-2/h4-5,10,17H,3,6-9H2,1-2H3. The van der Waals surface area contributed by atoms with E-state index in [0.717, 1.165) is 0 Å². The average Bonchev–Trinajstić information content (AvgIpc) is 2.61. The molecule has 10 heteroatoms. The predicted octanol–water partition coefficient (Wildman–Crippen LogP) is 1.16. The van der Waals surface area contributed by atoms with Gasteiger partial charge in [-0.1, -0.05) is 11.6 Å². The molecule has 0 aromatic heterocycles. The largest absolute Gasteiger partial charge is 0.450 e. The monoisotopic (exact) mass is 389 g/mol. The minimum absolute atomic E-state index is 0.0343. The lowest BCUT2D eigenvalue weighted by molar-refractivity contribution is 0.0570. The van der Waals surface area contributed by atoms with Gasteiger partial charge in [-0.25, -0.2) is 17.9 Å². The summed E-state index contributed by atoms with van der Waals surface area (Å²) >= 11 is 6.08. The molecule has 0 unspecified atom stereocenters. The summed E-state index contributed by atoms with van der Waals surface area (Å²) in [5.41, 5.74) is 0.113. The first-order valence-corrected chi connectivity index (χ1v) is 9.60. The summed E-state index contributed by atoms with van der Waals surface area (Å²) in [7, 11) is -2.39. The Bertz CT molecular complexity index is 760. The number of carbonyl (C=O) groups excluding carboxylic acids is 2. The van der Waals surface area contributed by atoms with E-state index in [-0.39, 0.29) is 21.4 Å². The molecule has 1 heterocycles. The molecule has 2 amide bonds. The van der Waals surface area contributed by atoms with Crippen molar-refractivity contribution >= 4 is 33.6 Å². The number of ether oxygens (including phenoxy) is 1. The van der Waals surface area contributed by atoms with Crippen LogP contribution in [0.5, 0.6) is 0 Å². The van der Waals surface area contributed by atoms with Crippen LogP contribution in [0.2, 0.25) is 5.02 Å².